The van der Waals surface area contributed by atoms with Gasteiger partial charge in [0.25, 0.3) is 11.5 Å². The van der Waals surface area contributed by atoms with Crippen LogP contribution in [0.2, 0.25) is 0 Å². The molecule has 3 aromatic rings. The van der Waals surface area contributed by atoms with Crippen LogP contribution in [0.4, 0.5) is 5.69 Å². The first-order valence-corrected chi connectivity index (χ1v) is 8.13. The van der Waals surface area contributed by atoms with E-state index in [0.29, 0.717) is 11.3 Å². The van der Waals surface area contributed by atoms with Gasteiger partial charge in [0, 0.05) is 16.8 Å². The van der Waals surface area contributed by atoms with E-state index in [9.17, 15) is 14.4 Å². The van der Waals surface area contributed by atoms with E-state index in [1.165, 1.54) is 11.3 Å². The molecule has 0 fully saturated rings. The molecule has 0 spiro atoms. The van der Waals surface area contributed by atoms with Gasteiger partial charge in [0.2, 0.25) is 0 Å². The minimum atomic E-state index is -0.664. The first-order valence-electron chi connectivity index (χ1n) is 7.25. The van der Waals surface area contributed by atoms with Crippen molar-refractivity contribution in [3.8, 4) is 6.07 Å². The van der Waals surface area contributed by atoms with E-state index in [1.54, 1.807) is 30.3 Å². The highest BCUT2D eigenvalue weighted by atomic mass is 32.1. The topological polar surface area (TPSA) is 108 Å². The van der Waals surface area contributed by atoms with E-state index < -0.39 is 17.2 Å². The number of thiophene rings is 1. The van der Waals surface area contributed by atoms with Gasteiger partial charge in [0.15, 0.2) is 0 Å². The number of nitrogens with one attached hydrogen (secondary N) is 2. The van der Waals surface area contributed by atoms with Crippen molar-refractivity contribution in [2.75, 3.05) is 5.32 Å². The summed E-state index contributed by atoms with van der Waals surface area (Å²) in [5, 5.41) is 13.2. The maximum absolute atomic E-state index is 12.5. The van der Waals surface area contributed by atoms with Crippen LogP contribution >= 0.6 is 11.3 Å². The van der Waals surface area contributed by atoms with E-state index in [4.69, 9.17) is 5.26 Å². The van der Waals surface area contributed by atoms with Crippen molar-refractivity contribution in [1.29, 1.82) is 5.26 Å². The summed E-state index contributed by atoms with van der Waals surface area (Å²) in [5.74, 6) is -0.633. The highest BCUT2D eigenvalue weighted by Gasteiger charge is 2.15. The number of nitrogens with zero attached hydrogens (tertiary/aromatic N) is 2. The minimum Gasteiger partial charge on any atom is -0.322 e. The van der Waals surface area contributed by atoms with Crippen molar-refractivity contribution < 1.29 is 4.79 Å². The molecular weight excluding hydrogens is 340 g/mol. The number of aromatic amines is 1. The molecule has 0 atom stereocenters. The lowest BCUT2D eigenvalue weighted by Crippen LogP contribution is -2.39. The SMILES string of the molecule is N#Cc1ccc(NC(=O)c2c[nH]c(=O)n(Cc3cccs3)c2=O)cc1. The third-order valence-electron chi connectivity index (χ3n) is 3.47. The molecule has 0 saturated carbocycles. The largest absolute Gasteiger partial charge is 0.328 e. The zero-order chi connectivity index (χ0) is 17.8. The fraction of sp³-hybridized carbons (Fsp3) is 0.0588. The molecule has 0 aliphatic rings. The lowest BCUT2D eigenvalue weighted by atomic mass is 10.2. The predicted octanol–water partition coefficient (Wildman–Crippen LogP) is 1.77. The van der Waals surface area contributed by atoms with Crippen molar-refractivity contribution in [1.82, 2.24) is 9.55 Å². The zero-order valence-corrected chi connectivity index (χ0v) is 13.7. The Morgan fingerprint density at radius 1 is 1.24 bits per heavy atom. The minimum absolute atomic E-state index is 0.101. The van der Waals surface area contributed by atoms with Crippen LogP contribution in [0, 0.1) is 11.3 Å². The molecule has 0 radical (unpaired) electrons. The third-order valence-corrected chi connectivity index (χ3v) is 4.33. The van der Waals surface area contributed by atoms with Gasteiger partial charge < -0.3 is 10.3 Å². The van der Waals surface area contributed by atoms with E-state index in [-0.39, 0.29) is 12.1 Å². The number of anilines is 1. The van der Waals surface area contributed by atoms with E-state index in [0.717, 1.165) is 15.6 Å². The predicted molar refractivity (Wildman–Crippen MR) is 93.9 cm³/mol. The molecule has 8 heteroatoms. The molecule has 124 valence electrons. The molecule has 2 aromatic heterocycles. The Bertz CT molecular complexity index is 1060. The average molecular weight is 352 g/mol. The highest BCUT2D eigenvalue weighted by molar-refractivity contribution is 7.09. The van der Waals surface area contributed by atoms with E-state index in [2.05, 4.69) is 10.3 Å². The second-order valence-electron chi connectivity index (χ2n) is 5.12. The zero-order valence-electron chi connectivity index (χ0n) is 12.9. The summed E-state index contributed by atoms with van der Waals surface area (Å²) in [6.45, 7) is 0.101. The van der Waals surface area contributed by atoms with Gasteiger partial charge in [-0.1, -0.05) is 6.07 Å². The van der Waals surface area contributed by atoms with Crippen LogP contribution in [0.3, 0.4) is 0 Å². The average Bonchev–Trinajstić information content (AvgIpc) is 3.12. The summed E-state index contributed by atoms with van der Waals surface area (Å²) < 4.78 is 0.986. The van der Waals surface area contributed by atoms with Crippen LogP contribution in [0.5, 0.6) is 0 Å². The van der Waals surface area contributed by atoms with Crippen molar-refractivity contribution in [2.45, 2.75) is 6.54 Å². The van der Waals surface area contributed by atoms with Gasteiger partial charge in [-0.3, -0.25) is 14.2 Å². The molecule has 3 rings (SSSR count). The van der Waals surface area contributed by atoms with Crippen LogP contribution < -0.4 is 16.6 Å². The van der Waals surface area contributed by atoms with E-state index >= 15 is 0 Å². The fourth-order valence-corrected chi connectivity index (χ4v) is 2.90. The molecular formula is C17H12N4O3S. The highest BCUT2D eigenvalue weighted by Crippen LogP contribution is 2.10. The lowest BCUT2D eigenvalue weighted by Gasteiger charge is -2.07. The molecule has 1 aromatic carbocycles. The number of carbonyl (C=O) groups is 1. The fourth-order valence-electron chi connectivity index (χ4n) is 2.20. The number of hydrogen-bond donors (Lipinski definition) is 2. The normalized spacial score (nSPS) is 10.2. The lowest BCUT2D eigenvalue weighted by molar-refractivity contribution is 0.102. The first kappa shape index (κ1) is 16.4. The molecule has 0 aliphatic heterocycles. The molecule has 25 heavy (non-hydrogen) atoms. The van der Waals surface area contributed by atoms with Crippen molar-refractivity contribution in [3.05, 3.63) is 84.8 Å². The summed E-state index contributed by atoms with van der Waals surface area (Å²) in [4.78, 5) is 40.0. The number of H-pyrrole nitrogens is 1. The first-order chi connectivity index (χ1) is 12.1. The number of rotatable bonds is 4. The number of benzene rings is 1. The Morgan fingerprint density at radius 2 is 2.00 bits per heavy atom. The standard InChI is InChI=1S/C17H12N4O3S/c18-8-11-3-5-12(6-4-11)20-15(22)14-9-19-17(24)21(16(14)23)10-13-2-1-7-25-13/h1-7,9H,10H2,(H,19,24)(H,20,22). The molecule has 0 saturated heterocycles. The Balaban J connectivity index is 1.88. The van der Waals surface area contributed by atoms with Crippen LogP contribution in [-0.2, 0) is 6.54 Å². The van der Waals surface area contributed by atoms with Crippen molar-refractivity contribution in [2.24, 2.45) is 0 Å². The van der Waals surface area contributed by atoms with Crippen LogP contribution in [0.1, 0.15) is 20.8 Å². The summed E-state index contributed by atoms with van der Waals surface area (Å²) in [6.07, 6.45) is 1.11. The molecule has 1 amide bonds. The molecule has 2 N–H and O–H groups in total. The van der Waals surface area contributed by atoms with Gasteiger partial charge >= 0.3 is 5.69 Å². The third kappa shape index (κ3) is 3.57. The van der Waals surface area contributed by atoms with E-state index in [1.807, 2.05) is 17.5 Å². The number of carbonyl (C=O) groups excluding carboxylic acids is 1. The Kier molecular flexibility index (Phi) is 4.59. The van der Waals surface area contributed by atoms with Crippen molar-refractivity contribution >= 4 is 22.9 Å². The molecule has 0 aliphatic carbocycles. The summed E-state index contributed by atoms with van der Waals surface area (Å²) >= 11 is 1.42. The molecule has 2 heterocycles. The van der Waals surface area contributed by atoms with Crippen LogP contribution in [0.15, 0.2) is 57.6 Å². The maximum atomic E-state index is 12.5. The molecule has 7 nitrogen and oxygen atoms in total. The van der Waals surface area contributed by atoms with Crippen LogP contribution in [0.25, 0.3) is 0 Å². The van der Waals surface area contributed by atoms with Gasteiger partial charge in [-0.05, 0) is 35.7 Å². The number of hydrogen-bond acceptors (Lipinski definition) is 5. The summed E-state index contributed by atoms with van der Waals surface area (Å²) in [5.41, 5.74) is -0.503. The number of amides is 1. The molecule has 0 unspecified atom stereocenters. The van der Waals surface area contributed by atoms with Gasteiger partial charge in [-0.15, -0.1) is 11.3 Å². The van der Waals surface area contributed by atoms with Crippen molar-refractivity contribution in [3.63, 3.8) is 0 Å². The Labute approximate surface area is 145 Å². The second kappa shape index (κ2) is 6.98. The molecule has 0 bridgehead atoms. The Hall–Kier alpha value is -3.44. The van der Waals surface area contributed by atoms with Gasteiger partial charge in [0.1, 0.15) is 5.56 Å². The van der Waals surface area contributed by atoms with Gasteiger partial charge in [-0.25, -0.2) is 4.79 Å². The second-order valence-corrected chi connectivity index (χ2v) is 6.15. The van der Waals surface area contributed by atoms with Gasteiger partial charge in [-0.2, -0.15) is 5.26 Å². The number of aromatic nitrogens is 2. The number of nitriles is 1. The summed E-state index contributed by atoms with van der Waals surface area (Å²) in [7, 11) is 0. The quantitative estimate of drug-likeness (QED) is 0.746. The summed E-state index contributed by atoms with van der Waals surface area (Å²) in [6, 6.07) is 11.8. The smallest absolute Gasteiger partial charge is 0.322 e. The van der Waals surface area contributed by atoms with Gasteiger partial charge in [0.05, 0.1) is 18.2 Å². The van der Waals surface area contributed by atoms with Crippen LogP contribution in [-0.4, -0.2) is 15.5 Å². The maximum Gasteiger partial charge on any atom is 0.328 e. The monoisotopic (exact) mass is 352 g/mol. The Morgan fingerprint density at radius 3 is 2.64 bits per heavy atom.